The van der Waals surface area contributed by atoms with E-state index in [9.17, 15) is 0 Å². The van der Waals surface area contributed by atoms with Crippen LogP contribution in [0.3, 0.4) is 0 Å². The Bertz CT molecular complexity index is 334. The molecule has 1 saturated heterocycles. The minimum atomic E-state index is 0.588. The molecule has 1 unspecified atom stereocenters. The molecular weight excluding hydrogens is 200 g/mol. The van der Waals surface area contributed by atoms with Gasteiger partial charge in [-0.05, 0) is 31.5 Å². The van der Waals surface area contributed by atoms with Crippen LogP contribution in [0.2, 0.25) is 0 Å². The van der Waals surface area contributed by atoms with E-state index in [0.29, 0.717) is 6.04 Å². The number of hydrogen-bond acceptors (Lipinski definition) is 3. The molecule has 1 aromatic rings. The third-order valence-electron chi connectivity index (χ3n) is 3.32. The molecule has 0 spiro atoms. The quantitative estimate of drug-likeness (QED) is 0.782. The van der Waals surface area contributed by atoms with Crippen LogP contribution < -0.4 is 5.73 Å². The fraction of sp³-hybridized carbons (Fsp3) is 0.538. The maximum absolute atomic E-state index is 5.92. The normalized spacial score (nSPS) is 20.5. The molecule has 2 rings (SSSR count). The van der Waals surface area contributed by atoms with Crippen LogP contribution in [-0.4, -0.2) is 37.7 Å². The molecule has 0 aliphatic carbocycles. The van der Waals surface area contributed by atoms with E-state index in [-0.39, 0.29) is 0 Å². The van der Waals surface area contributed by atoms with E-state index in [1.165, 1.54) is 5.56 Å². The van der Waals surface area contributed by atoms with Gasteiger partial charge in [-0.15, -0.1) is 0 Å². The number of hydrogen-bond donors (Lipinski definition) is 1. The maximum Gasteiger partial charge on any atom is 0.0622 e. The molecule has 1 aromatic carbocycles. The van der Waals surface area contributed by atoms with Crippen LogP contribution in [0.1, 0.15) is 12.0 Å². The second-order valence-corrected chi connectivity index (χ2v) is 4.45. The lowest BCUT2D eigenvalue weighted by Gasteiger charge is -2.22. The molecule has 3 nitrogen and oxygen atoms in total. The summed E-state index contributed by atoms with van der Waals surface area (Å²) in [6.07, 6.45) is 2.17. The maximum atomic E-state index is 5.92. The number of nitrogens with zero attached hydrogens (tertiary/aromatic N) is 1. The van der Waals surface area contributed by atoms with E-state index in [4.69, 9.17) is 10.5 Å². The summed E-state index contributed by atoms with van der Waals surface area (Å²) in [5.41, 5.74) is 8.06. The first-order valence-corrected chi connectivity index (χ1v) is 5.89. The number of likely N-dealkylation sites (N-methyl/N-ethyl adjacent to an activating group) is 1. The van der Waals surface area contributed by atoms with Crippen LogP contribution in [0.5, 0.6) is 0 Å². The van der Waals surface area contributed by atoms with Crippen molar-refractivity contribution in [2.24, 2.45) is 0 Å². The summed E-state index contributed by atoms with van der Waals surface area (Å²) < 4.78 is 5.39. The standard InChI is InChI=1S/C13H20N2O/c1-15(12-7-9-16-10-12)8-6-11-4-2-3-5-13(11)14/h2-5,12H,6-10,14H2,1H3. The predicted octanol–water partition coefficient (Wildman–Crippen LogP) is 1.53. The highest BCUT2D eigenvalue weighted by Gasteiger charge is 2.19. The van der Waals surface area contributed by atoms with Crippen molar-refractivity contribution in [3.63, 3.8) is 0 Å². The Labute approximate surface area is 97.2 Å². The number of nitrogen functional groups attached to an aromatic ring is 1. The van der Waals surface area contributed by atoms with Crippen molar-refractivity contribution >= 4 is 5.69 Å². The van der Waals surface area contributed by atoms with Gasteiger partial charge in [0.15, 0.2) is 0 Å². The summed E-state index contributed by atoms with van der Waals surface area (Å²) in [6, 6.07) is 8.69. The second kappa shape index (κ2) is 5.32. The van der Waals surface area contributed by atoms with Gasteiger partial charge in [0.2, 0.25) is 0 Å². The molecule has 2 N–H and O–H groups in total. The largest absolute Gasteiger partial charge is 0.399 e. The lowest BCUT2D eigenvalue weighted by atomic mass is 10.1. The van der Waals surface area contributed by atoms with Gasteiger partial charge in [0.1, 0.15) is 0 Å². The minimum Gasteiger partial charge on any atom is -0.399 e. The van der Waals surface area contributed by atoms with E-state index in [1.807, 2.05) is 18.2 Å². The summed E-state index contributed by atoms with van der Waals surface area (Å²) >= 11 is 0. The van der Waals surface area contributed by atoms with E-state index in [1.54, 1.807) is 0 Å². The zero-order valence-corrected chi connectivity index (χ0v) is 9.86. The molecule has 0 aromatic heterocycles. The van der Waals surface area contributed by atoms with Gasteiger partial charge >= 0.3 is 0 Å². The first-order chi connectivity index (χ1) is 7.77. The van der Waals surface area contributed by atoms with Gasteiger partial charge in [-0.3, -0.25) is 0 Å². The molecule has 88 valence electrons. The fourth-order valence-electron chi connectivity index (χ4n) is 2.11. The van der Waals surface area contributed by atoms with E-state index < -0.39 is 0 Å². The molecule has 1 atom stereocenters. The highest BCUT2D eigenvalue weighted by atomic mass is 16.5. The fourth-order valence-corrected chi connectivity index (χ4v) is 2.11. The van der Waals surface area contributed by atoms with Gasteiger partial charge in [0.25, 0.3) is 0 Å². The zero-order valence-electron chi connectivity index (χ0n) is 9.86. The number of benzene rings is 1. The number of anilines is 1. The molecule has 3 heteroatoms. The van der Waals surface area contributed by atoms with Gasteiger partial charge in [-0.25, -0.2) is 0 Å². The van der Waals surface area contributed by atoms with E-state index >= 15 is 0 Å². The molecule has 0 radical (unpaired) electrons. The topological polar surface area (TPSA) is 38.5 Å². The number of ether oxygens (including phenoxy) is 1. The Kier molecular flexibility index (Phi) is 3.80. The average molecular weight is 220 g/mol. The summed E-state index contributed by atoms with van der Waals surface area (Å²) in [6.45, 7) is 2.82. The first kappa shape index (κ1) is 11.4. The van der Waals surface area contributed by atoms with Gasteiger partial charge < -0.3 is 15.4 Å². The van der Waals surface area contributed by atoms with Crippen LogP contribution in [-0.2, 0) is 11.2 Å². The van der Waals surface area contributed by atoms with Crippen molar-refractivity contribution in [1.29, 1.82) is 0 Å². The van der Waals surface area contributed by atoms with Crippen LogP contribution in [0, 0.1) is 0 Å². The number of rotatable bonds is 4. The number of para-hydroxylation sites is 1. The van der Waals surface area contributed by atoms with Crippen LogP contribution in [0.25, 0.3) is 0 Å². The van der Waals surface area contributed by atoms with Gasteiger partial charge in [0.05, 0.1) is 6.61 Å². The molecule has 0 amide bonds. The van der Waals surface area contributed by atoms with Crippen LogP contribution in [0.15, 0.2) is 24.3 Å². The summed E-state index contributed by atoms with van der Waals surface area (Å²) in [5, 5.41) is 0. The second-order valence-electron chi connectivity index (χ2n) is 4.45. The summed E-state index contributed by atoms with van der Waals surface area (Å²) in [7, 11) is 2.17. The molecule has 1 fully saturated rings. The Balaban J connectivity index is 1.84. The Morgan fingerprint density at radius 3 is 2.94 bits per heavy atom. The lowest BCUT2D eigenvalue weighted by Crippen LogP contribution is -2.33. The van der Waals surface area contributed by atoms with Crippen molar-refractivity contribution in [3.05, 3.63) is 29.8 Å². The van der Waals surface area contributed by atoms with Crippen molar-refractivity contribution < 1.29 is 4.74 Å². The first-order valence-electron chi connectivity index (χ1n) is 5.89. The van der Waals surface area contributed by atoms with E-state index in [0.717, 1.165) is 38.3 Å². The predicted molar refractivity (Wildman–Crippen MR) is 66.4 cm³/mol. The highest BCUT2D eigenvalue weighted by molar-refractivity contribution is 5.46. The molecule has 0 saturated carbocycles. The molecule has 1 aliphatic heterocycles. The highest BCUT2D eigenvalue weighted by Crippen LogP contribution is 2.14. The van der Waals surface area contributed by atoms with Gasteiger partial charge in [-0.1, -0.05) is 18.2 Å². The molecule has 0 bridgehead atoms. The van der Waals surface area contributed by atoms with Crippen molar-refractivity contribution in [2.45, 2.75) is 18.9 Å². The number of nitrogens with two attached hydrogens (primary N) is 1. The SMILES string of the molecule is CN(CCc1ccccc1N)C1CCOC1. The van der Waals surface area contributed by atoms with Crippen LogP contribution >= 0.6 is 0 Å². The van der Waals surface area contributed by atoms with Crippen molar-refractivity contribution in [2.75, 3.05) is 32.5 Å². The van der Waals surface area contributed by atoms with Crippen molar-refractivity contribution in [1.82, 2.24) is 4.90 Å². The lowest BCUT2D eigenvalue weighted by molar-refractivity contribution is 0.160. The third kappa shape index (κ3) is 2.74. The molecule has 1 aliphatic rings. The van der Waals surface area contributed by atoms with Gasteiger partial charge in [-0.2, -0.15) is 0 Å². The van der Waals surface area contributed by atoms with E-state index in [2.05, 4.69) is 18.0 Å². The Morgan fingerprint density at radius 1 is 1.44 bits per heavy atom. The minimum absolute atomic E-state index is 0.588. The Hall–Kier alpha value is -1.06. The smallest absolute Gasteiger partial charge is 0.0622 e. The average Bonchev–Trinajstić information content (AvgIpc) is 2.81. The summed E-state index contributed by atoms with van der Waals surface area (Å²) in [4.78, 5) is 2.37. The zero-order chi connectivity index (χ0) is 11.4. The third-order valence-corrected chi connectivity index (χ3v) is 3.32. The Morgan fingerprint density at radius 2 is 2.25 bits per heavy atom. The molecule has 1 heterocycles. The monoisotopic (exact) mass is 220 g/mol. The summed E-state index contributed by atoms with van der Waals surface area (Å²) in [5.74, 6) is 0. The molecular formula is C13H20N2O. The van der Waals surface area contributed by atoms with Crippen molar-refractivity contribution in [3.8, 4) is 0 Å². The van der Waals surface area contributed by atoms with Gasteiger partial charge in [0, 0.05) is 24.9 Å². The van der Waals surface area contributed by atoms with Crippen LogP contribution in [0.4, 0.5) is 5.69 Å². The molecule has 16 heavy (non-hydrogen) atoms.